The molecule has 1 fully saturated rings. The summed E-state index contributed by atoms with van der Waals surface area (Å²) in [7, 11) is 3.07. The Hall–Kier alpha value is -2.37. The Morgan fingerprint density at radius 3 is 2.63 bits per heavy atom. The van der Waals surface area contributed by atoms with E-state index in [1.54, 1.807) is 25.2 Å². The summed E-state index contributed by atoms with van der Waals surface area (Å²) >= 11 is 0. The van der Waals surface area contributed by atoms with E-state index < -0.39 is 0 Å². The predicted octanol–water partition coefficient (Wildman–Crippen LogP) is 0.902. The molecule has 1 aliphatic rings. The Bertz CT molecular complexity index is 541. The molecule has 0 saturated carbocycles. The third-order valence-corrected chi connectivity index (χ3v) is 3.00. The Balaban J connectivity index is 2.29. The van der Waals surface area contributed by atoms with Crippen molar-refractivity contribution < 1.29 is 19.1 Å². The van der Waals surface area contributed by atoms with Crippen molar-refractivity contribution in [3.63, 3.8) is 0 Å². The van der Waals surface area contributed by atoms with Crippen LogP contribution in [0.1, 0.15) is 15.9 Å². The summed E-state index contributed by atoms with van der Waals surface area (Å²) in [5.41, 5.74) is 1.10. The van der Waals surface area contributed by atoms with E-state index in [4.69, 9.17) is 4.74 Å². The molecule has 6 heteroatoms. The van der Waals surface area contributed by atoms with Gasteiger partial charge in [0.25, 0.3) is 5.91 Å². The van der Waals surface area contributed by atoms with Gasteiger partial charge in [-0.1, -0.05) is 0 Å². The zero-order valence-corrected chi connectivity index (χ0v) is 10.8. The molecule has 0 N–H and O–H groups in total. The van der Waals surface area contributed by atoms with E-state index in [1.807, 2.05) is 0 Å². The van der Waals surface area contributed by atoms with Crippen LogP contribution in [0, 0.1) is 0 Å². The average Bonchev–Trinajstić information content (AvgIpc) is 2.65. The number of benzene rings is 1. The van der Waals surface area contributed by atoms with Gasteiger partial charge in [-0.25, -0.2) is 4.79 Å². The first-order valence-electron chi connectivity index (χ1n) is 5.74. The number of carbonyl (C=O) groups is 3. The number of hydrogen-bond donors (Lipinski definition) is 0. The van der Waals surface area contributed by atoms with E-state index >= 15 is 0 Å². The van der Waals surface area contributed by atoms with Gasteiger partial charge in [0, 0.05) is 18.2 Å². The Kier molecular flexibility index (Phi) is 3.50. The van der Waals surface area contributed by atoms with Crippen LogP contribution >= 0.6 is 0 Å². The van der Waals surface area contributed by atoms with Gasteiger partial charge in [0.2, 0.25) is 0 Å². The van der Waals surface area contributed by atoms with Gasteiger partial charge in [-0.2, -0.15) is 0 Å². The van der Waals surface area contributed by atoms with Crippen molar-refractivity contribution in [2.75, 3.05) is 20.7 Å². The highest BCUT2D eigenvalue weighted by Gasteiger charge is 2.33. The first kappa shape index (κ1) is 13.1. The molecular formula is C13H14N2O4. The second kappa shape index (κ2) is 5.09. The smallest absolute Gasteiger partial charge is 0.327 e. The molecule has 1 aromatic carbocycles. The van der Waals surface area contributed by atoms with Crippen LogP contribution in [-0.4, -0.2) is 48.7 Å². The molecule has 1 saturated heterocycles. The Morgan fingerprint density at radius 1 is 1.37 bits per heavy atom. The van der Waals surface area contributed by atoms with Gasteiger partial charge in [0.15, 0.2) is 0 Å². The minimum Gasteiger partial charge on any atom is -0.496 e. The van der Waals surface area contributed by atoms with Crippen molar-refractivity contribution in [2.45, 2.75) is 6.54 Å². The van der Waals surface area contributed by atoms with Gasteiger partial charge in [-0.15, -0.1) is 0 Å². The van der Waals surface area contributed by atoms with Crippen LogP contribution in [0.2, 0.25) is 0 Å². The standard InChI is InChI=1S/C13H14N2O4/c1-14-7-12(17)15(13(14)18)6-10-5-9(8-16)3-4-11(10)19-2/h3-5,8H,6-7H2,1-2H3. The maximum absolute atomic E-state index is 11.8. The maximum atomic E-state index is 11.8. The van der Waals surface area contributed by atoms with Gasteiger partial charge in [-0.05, 0) is 18.2 Å². The number of rotatable bonds is 4. The summed E-state index contributed by atoms with van der Waals surface area (Å²) in [5.74, 6) is 0.284. The number of ether oxygens (including phenoxy) is 1. The monoisotopic (exact) mass is 262 g/mol. The van der Waals surface area contributed by atoms with Crippen LogP contribution in [0.3, 0.4) is 0 Å². The number of likely N-dealkylation sites (N-methyl/N-ethyl adjacent to an activating group) is 1. The van der Waals surface area contributed by atoms with Gasteiger partial charge >= 0.3 is 6.03 Å². The summed E-state index contributed by atoms with van der Waals surface area (Å²) in [4.78, 5) is 36.8. The molecule has 6 nitrogen and oxygen atoms in total. The lowest BCUT2D eigenvalue weighted by molar-refractivity contribution is -0.125. The van der Waals surface area contributed by atoms with E-state index in [0.29, 0.717) is 23.2 Å². The molecule has 2 rings (SSSR count). The minimum absolute atomic E-state index is 0.0779. The SMILES string of the molecule is COc1ccc(C=O)cc1CN1C(=O)CN(C)C1=O. The highest BCUT2D eigenvalue weighted by molar-refractivity contribution is 6.01. The van der Waals surface area contributed by atoms with Gasteiger partial charge < -0.3 is 9.64 Å². The molecule has 0 radical (unpaired) electrons. The molecule has 1 aliphatic heterocycles. The van der Waals surface area contributed by atoms with Gasteiger partial charge in [0.1, 0.15) is 18.6 Å². The summed E-state index contributed by atoms with van der Waals surface area (Å²) in [5, 5.41) is 0. The molecule has 0 bridgehead atoms. The molecule has 1 aromatic rings. The summed E-state index contributed by atoms with van der Waals surface area (Å²) in [6.07, 6.45) is 0.711. The van der Waals surface area contributed by atoms with Crippen molar-refractivity contribution >= 4 is 18.2 Å². The van der Waals surface area contributed by atoms with E-state index in [1.165, 1.54) is 12.0 Å². The number of methoxy groups -OCH3 is 1. The second-order valence-electron chi connectivity index (χ2n) is 4.31. The van der Waals surface area contributed by atoms with E-state index in [-0.39, 0.29) is 25.0 Å². The van der Waals surface area contributed by atoms with Crippen LogP contribution in [0.4, 0.5) is 4.79 Å². The third-order valence-electron chi connectivity index (χ3n) is 3.00. The lowest BCUT2D eigenvalue weighted by Gasteiger charge is -2.16. The number of aldehydes is 1. The van der Waals surface area contributed by atoms with Crippen LogP contribution in [0.5, 0.6) is 5.75 Å². The lowest BCUT2D eigenvalue weighted by Crippen LogP contribution is -2.31. The Labute approximate surface area is 110 Å². The maximum Gasteiger partial charge on any atom is 0.327 e. The summed E-state index contributed by atoms with van der Waals surface area (Å²) < 4.78 is 5.17. The van der Waals surface area contributed by atoms with Crippen molar-refractivity contribution in [1.29, 1.82) is 0 Å². The van der Waals surface area contributed by atoms with Crippen molar-refractivity contribution in [3.8, 4) is 5.75 Å². The molecule has 19 heavy (non-hydrogen) atoms. The molecule has 0 aliphatic carbocycles. The van der Waals surface area contributed by atoms with Crippen molar-refractivity contribution in [1.82, 2.24) is 9.80 Å². The van der Waals surface area contributed by atoms with E-state index in [9.17, 15) is 14.4 Å². The van der Waals surface area contributed by atoms with Crippen LogP contribution < -0.4 is 4.74 Å². The highest BCUT2D eigenvalue weighted by Crippen LogP contribution is 2.23. The topological polar surface area (TPSA) is 66.9 Å². The molecule has 0 unspecified atom stereocenters. The molecule has 0 atom stereocenters. The fraction of sp³-hybridized carbons (Fsp3) is 0.308. The van der Waals surface area contributed by atoms with Crippen LogP contribution in [-0.2, 0) is 11.3 Å². The predicted molar refractivity (Wildman–Crippen MR) is 67.0 cm³/mol. The molecule has 0 aromatic heterocycles. The van der Waals surface area contributed by atoms with Crippen LogP contribution in [0.15, 0.2) is 18.2 Å². The van der Waals surface area contributed by atoms with E-state index in [0.717, 1.165) is 4.90 Å². The number of hydrogen-bond acceptors (Lipinski definition) is 4. The summed E-state index contributed by atoms with van der Waals surface area (Å²) in [6.45, 7) is 0.182. The van der Waals surface area contributed by atoms with Crippen LogP contribution in [0.25, 0.3) is 0 Å². The molecule has 0 spiro atoms. The average molecular weight is 262 g/mol. The number of urea groups is 1. The molecule has 1 heterocycles. The van der Waals surface area contributed by atoms with Gasteiger partial charge in [0.05, 0.1) is 13.7 Å². The fourth-order valence-electron chi connectivity index (χ4n) is 1.99. The zero-order valence-electron chi connectivity index (χ0n) is 10.8. The second-order valence-corrected chi connectivity index (χ2v) is 4.31. The molecule has 3 amide bonds. The van der Waals surface area contributed by atoms with E-state index in [2.05, 4.69) is 0 Å². The van der Waals surface area contributed by atoms with Gasteiger partial charge in [-0.3, -0.25) is 14.5 Å². The number of imide groups is 1. The quantitative estimate of drug-likeness (QED) is 0.597. The number of nitrogens with zero attached hydrogens (tertiary/aromatic N) is 2. The Morgan fingerprint density at radius 2 is 2.11 bits per heavy atom. The first-order chi connectivity index (χ1) is 9.06. The number of carbonyl (C=O) groups excluding carboxylic acids is 3. The van der Waals surface area contributed by atoms with Crippen molar-refractivity contribution in [2.24, 2.45) is 0 Å². The highest BCUT2D eigenvalue weighted by atomic mass is 16.5. The third kappa shape index (κ3) is 2.42. The molecule has 100 valence electrons. The fourth-order valence-corrected chi connectivity index (χ4v) is 1.99. The minimum atomic E-state index is -0.344. The first-order valence-corrected chi connectivity index (χ1v) is 5.74. The zero-order chi connectivity index (χ0) is 14.0. The van der Waals surface area contributed by atoms with Crippen molar-refractivity contribution in [3.05, 3.63) is 29.3 Å². The normalized spacial score (nSPS) is 15.1. The largest absolute Gasteiger partial charge is 0.496 e. The summed E-state index contributed by atoms with van der Waals surface area (Å²) in [6, 6.07) is 4.54. The lowest BCUT2D eigenvalue weighted by atomic mass is 10.1. The number of amides is 3. The molecular weight excluding hydrogens is 248 g/mol.